The quantitative estimate of drug-likeness (QED) is 0.391. The number of halogens is 4. The van der Waals surface area contributed by atoms with E-state index in [0.717, 1.165) is 0 Å². The van der Waals surface area contributed by atoms with Gasteiger partial charge in [-0.2, -0.15) is 8.78 Å². The van der Waals surface area contributed by atoms with Crippen molar-refractivity contribution in [2.24, 2.45) is 10.7 Å². The molecule has 6 nitrogen and oxygen atoms in total. The molecule has 1 fully saturated rings. The number of nitrogens with two attached hydrogens (primary N) is 1. The number of aromatic nitrogens is 2. The Labute approximate surface area is 178 Å². The van der Waals surface area contributed by atoms with E-state index in [2.05, 4.69) is 15.0 Å². The molecule has 146 valence electrons. The Kier molecular flexibility index (Phi) is 7.54. The largest absolute Gasteiger partial charge is 0.370 e. The van der Waals surface area contributed by atoms with Crippen LogP contribution in [0.2, 0.25) is 5.02 Å². The number of aliphatic imine (C=N–C) groups is 1. The lowest BCUT2D eigenvalue weighted by atomic mass is 10.1. The first-order valence-corrected chi connectivity index (χ1v) is 8.54. The Morgan fingerprint density at radius 3 is 2.30 bits per heavy atom. The smallest absolute Gasteiger partial charge is 0.292 e. The summed E-state index contributed by atoms with van der Waals surface area (Å²) in [4.78, 5) is 16.1. The minimum Gasteiger partial charge on any atom is -0.370 e. The highest BCUT2D eigenvalue weighted by Crippen LogP contribution is 2.29. The summed E-state index contributed by atoms with van der Waals surface area (Å²) >= 11 is 5.73. The fourth-order valence-corrected chi connectivity index (χ4v) is 2.78. The fourth-order valence-electron chi connectivity index (χ4n) is 2.66. The lowest BCUT2D eigenvalue weighted by Crippen LogP contribution is -2.51. The van der Waals surface area contributed by atoms with E-state index in [1.54, 1.807) is 23.4 Å². The van der Waals surface area contributed by atoms with Crippen molar-refractivity contribution in [2.75, 3.05) is 37.6 Å². The van der Waals surface area contributed by atoms with Crippen LogP contribution < -0.4 is 10.6 Å². The van der Waals surface area contributed by atoms with E-state index in [9.17, 15) is 8.78 Å². The van der Waals surface area contributed by atoms with E-state index in [1.165, 1.54) is 24.3 Å². The van der Waals surface area contributed by atoms with Crippen LogP contribution in [-0.2, 0) is 5.92 Å². The molecule has 10 heteroatoms. The third-order valence-corrected chi connectivity index (χ3v) is 4.40. The summed E-state index contributed by atoms with van der Waals surface area (Å²) in [5.41, 5.74) is 5.78. The topological polar surface area (TPSA) is 70.6 Å². The van der Waals surface area contributed by atoms with Crippen molar-refractivity contribution in [1.82, 2.24) is 14.9 Å². The number of piperazine rings is 1. The van der Waals surface area contributed by atoms with Gasteiger partial charge in [0, 0.05) is 49.2 Å². The van der Waals surface area contributed by atoms with Crippen LogP contribution in [0.3, 0.4) is 0 Å². The maximum atomic E-state index is 14.2. The average molecular weight is 509 g/mol. The summed E-state index contributed by atoms with van der Waals surface area (Å²) in [6.45, 7) is 1.73. The summed E-state index contributed by atoms with van der Waals surface area (Å²) in [5, 5.41) is 0.410. The Balaban J connectivity index is 0.00000261. The van der Waals surface area contributed by atoms with E-state index in [0.29, 0.717) is 37.1 Å². The molecule has 1 aromatic carbocycles. The van der Waals surface area contributed by atoms with Gasteiger partial charge in [0.1, 0.15) is 6.54 Å². The van der Waals surface area contributed by atoms with Crippen LogP contribution in [0.5, 0.6) is 0 Å². The predicted molar refractivity (Wildman–Crippen MR) is 113 cm³/mol. The van der Waals surface area contributed by atoms with Crippen LogP contribution in [0, 0.1) is 0 Å². The van der Waals surface area contributed by atoms with Gasteiger partial charge in [-0.05, 0) is 18.2 Å². The summed E-state index contributed by atoms with van der Waals surface area (Å²) in [6, 6.07) is 7.22. The Bertz CT molecular complexity index is 752. The molecule has 0 atom stereocenters. The zero-order chi connectivity index (χ0) is 18.6. The Morgan fingerprint density at radius 1 is 1.11 bits per heavy atom. The van der Waals surface area contributed by atoms with Gasteiger partial charge in [0.2, 0.25) is 5.95 Å². The van der Waals surface area contributed by atoms with Crippen LogP contribution in [0.15, 0.2) is 47.7 Å². The lowest BCUT2D eigenvalue weighted by molar-refractivity contribution is 0.00625. The number of rotatable bonds is 4. The van der Waals surface area contributed by atoms with Gasteiger partial charge in [-0.1, -0.05) is 23.7 Å². The van der Waals surface area contributed by atoms with E-state index in [1.807, 2.05) is 4.90 Å². The zero-order valence-electron chi connectivity index (χ0n) is 14.4. The first-order chi connectivity index (χ1) is 12.5. The van der Waals surface area contributed by atoms with E-state index in [-0.39, 0.29) is 35.5 Å². The highest BCUT2D eigenvalue weighted by atomic mass is 127. The van der Waals surface area contributed by atoms with E-state index in [4.69, 9.17) is 17.3 Å². The maximum Gasteiger partial charge on any atom is 0.292 e. The van der Waals surface area contributed by atoms with Crippen molar-refractivity contribution < 1.29 is 8.78 Å². The van der Waals surface area contributed by atoms with Crippen molar-refractivity contribution in [2.45, 2.75) is 5.92 Å². The average Bonchev–Trinajstić information content (AvgIpc) is 2.67. The summed E-state index contributed by atoms with van der Waals surface area (Å²) in [7, 11) is 0. The van der Waals surface area contributed by atoms with Gasteiger partial charge in [0.25, 0.3) is 5.92 Å². The van der Waals surface area contributed by atoms with Crippen LogP contribution in [0.25, 0.3) is 0 Å². The van der Waals surface area contributed by atoms with E-state index >= 15 is 0 Å². The van der Waals surface area contributed by atoms with Gasteiger partial charge < -0.3 is 15.5 Å². The molecule has 27 heavy (non-hydrogen) atoms. The van der Waals surface area contributed by atoms with Crippen LogP contribution in [0.1, 0.15) is 5.56 Å². The number of guanidine groups is 1. The minimum atomic E-state index is -3.10. The highest BCUT2D eigenvalue weighted by molar-refractivity contribution is 14.0. The molecule has 0 bridgehead atoms. The first-order valence-electron chi connectivity index (χ1n) is 8.16. The molecule has 2 aromatic rings. The number of anilines is 1. The summed E-state index contributed by atoms with van der Waals surface area (Å²) in [6.07, 6.45) is 3.37. The number of hydrogen-bond donors (Lipinski definition) is 1. The molecule has 1 saturated heterocycles. The van der Waals surface area contributed by atoms with Gasteiger partial charge in [-0.25, -0.2) is 15.0 Å². The summed E-state index contributed by atoms with van der Waals surface area (Å²) < 4.78 is 28.5. The molecular weight excluding hydrogens is 489 g/mol. The van der Waals surface area contributed by atoms with Crippen molar-refractivity contribution in [1.29, 1.82) is 0 Å². The van der Waals surface area contributed by atoms with Crippen molar-refractivity contribution >= 4 is 47.5 Å². The third-order valence-electron chi connectivity index (χ3n) is 4.14. The predicted octanol–water partition coefficient (Wildman–Crippen LogP) is 2.98. The molecule has 3 rings (SSSR count). The molecule has 0 radical (unpaired) electrons. The molecule has 1 aliphatic rings. The summed E-state index contributed by atoms with van der Waals surface area (Å²) in [5.74, 6) is -2.33. The second kappa shape index (κ2) is 9.45. The number of benzene rings is 1. The monoisotopic (exact) mass is 508 g/mol. The minimum absolute atomic E-state index is 0. The molecule has 0 amide bonds. The van der Waals surface area contributed by atoms with Gasteiger partial charge in [-0.15, -0.1) is 24.0 Å². The number of nitrogens with zero attached hydrogens (tertiary/aromatic N) is 5. The van der Waals surface area contributed by atoms with Crippen molar-refractivity contribution in [3.05, 3.63) is 53.3 Å². The lowest BCUT2D eigenvalue weighted by Gasteiger charge is -2.35. The standard InChI is InChI=1S/C17H19ClF2N6.HI/c18-14-4-2-13(3-5-14)17(19,20)12-24-15(21)25-8-10-26(11-9-25)16-22-6-1-7-23-16;/h1-7H,8-12H2,(H2,21,24);1H. The normalized spacial score (nSPS) is 15.4. The number of alkyl halides is 2. The molecule has 1 aromatic heterocycles. The van der Waals surface area contributed by atoms with Crippen molar-refractivity contribution in [3.63, 3.8) is 0 Å². The fraction of sp³-hybridized carbons (Fsp3) is 0.353. The van der Waals surface area contributed by atoms with Crippen LogP contribution >= 0.6 is 35.6 Å². The van der Waals surface area contributed by atoms with E-state index < -0.39 is 12.5 Å². The van der Waals surface area contributed by atoms with Gasteiger partial charge >= 0.3 is 0 Å². The molecular formula is C17H20ClF2IN6. The Hall–Kier alpha value is -1.75. The van der Waals surface area contributed by atoms with Crippen LogP contribution in [0.4, 0.5) is 14.7 Å². The zero-order valence-corrected chi connectivity index (χ0v) is 17.5. The Morgan fingerprint density at radius 2 is 1.70 bits per heavy atom. The van der Waals surface area contributed by atoms with Crippen LogP contribution in [-0.4, -0.2) is 53.6 Å². The highest BCUT2D eigenvalue weighted by Gasteiger charge is 2.31. The molecule has 0 spiro atoms. The second-order valence-electron chi connectivity index (χ2n) is 5.91. The first kappa shape index (κ1) is 21.5. The second-order valence-corrected chi connectivity index (χ2v) is 6.35. The molecule has 0 unspecified atom stereocenters. The molecule has 0 saturated carbocycles. The van der Waals surface area contributed by atoms with Gasteiger partial charge in [0.15, 0.2) is 5.96 Å². The SMILES string of the molecule is I.NC(=NCC(F)(F)c1ccc(Cl)cc1)N1CCN(c2ncccn2)CC1. The van der Waals surface area contributed by atoms with Gasteiger partial charge in [0.05, 0.1) is 0 Å². The van der Waals surface area contributed by atoms with Gasteiger partial charge in [-0.3, -0.25) is 0 Å². The maximum absolute atomic E-state index is 14.2. The molecule has 1 aliphatic heterocycles. The third kappa shape index (κ3) is 5.61. The number of hydrogen-bond acceptors (Lipinski definition) is 4. The molecule has 0 aliphatic carbocycles. The molecule has 2 N–H and O–H groups in total. The molecule has 2 heterocycles. The van der Waals surface area contributed by atoms with Crippen molar-refractivity contribution in [3.8, 4) is 0 Å².